The van der Waals surface area contributed by atoms with Crippen molar-refractivity contribution in [2.75, 3.05) is 16.6 Å². The summed E-state index contributed by atoms with van der Waals surface area (Å²) in [6, 6.07) is 32.8. The second kappa shape index (κ2) is 17.8. The molecule has 0 saturated carbocycles. The normalized spacial score (nSPS) is 11.2. The topological polar surface area (TPSA) is 162 Å². The van der Waals surface area contributed by atoms with E-state index in [0.29, 0.717) is 42.6 Å². The summed E-state index contributed by atoms with van der Waals surface area (Å²) in [5, 5.41) is 1.03. The number of methoxy groups -OCH3 is 1. The summed E-state index contributed by atoms with van der Waals surface area (Å²) in [5.41, 5.74) is 1.30. The molecule has 0 spiro atoms. The fraction of sp³-hybridized carbons (Fsp3) is 0.0250. The van der Waals surface area contributed by atoms with E-state index in [2.05, 4.69) is 14.4 Å². The number of aromatic nitrogens is 1. The van der Waals surface area contributed by atoms with Gasteiger partial charge < -0.3 is 9.15 Å². The van der Waals surface area contributed by atoms with Gasteiger partial charge in [0.25, 0.3) is 20.0 Å². The molecule has 0 bridgehead atoms. The van der Waals surface area contributed by atoms with Crippen LogP contribution in [0.3, 0.4) is 0 Å². The van der Waals surface area contributed by atoms with Crippen LogP contribution in [0.4, 0.5) is 11.4 Å². The number of halogens is 3. The molecule has 2 N–H and O–H groups in total. The van der Waals surface area contributed by atoms with E-state index in [9.17, 15) is 26.4 Å². The third kappa shape index (κ3) is 10.1. The molecule has 290 valence electrons. The number of rotatable bonds is 12. The predicted molar refractivity (Wildman–Crippen MR) is 222 cm³/mol. The molecule has 17 heteroatoms. The first kappa shape index (κ1) is 41.2. The summed E-state index contributed by atoms with van der Waals surface area (Å²) < 4.78 is 66.5. The van der Waals surface area contributed by atoms with Gasteiger partial charge in [-0.3, -0.25) is 19.0 Å². The number of carbonyl (C=O) groups excluding carboxylic acids is 2. The highest BCUT2D eigenvalue weighted by atomic mass is 35.5. The number of hydrogen-bond donors (Lipinski definition) is 2. The molecule has 7 rings (SSSR count). The van der Waals surface area contributed by atoms with E-state index in [0.717, 1.165) is 11.3 Å². The first-order valence-electron chi connectivity index (χ1n) is 16.4. The van der Waals surface area contributed by atoms with E-state index in [1.54, 1.807) is 54.6 Å². The van der Waals surface area contributed by atoms with Crippen LogP contribution in [-0.2, 0) is 20.0 Å². The quantitative estimate of drug-likeness (QED) is 0.114. The number of ether oxygens (including phenoxy) is 1. The Morgan fingerprint density at radius 1 is 0.649 bits per heavy atom. The van der Waals surface area contributed by atoms with Crippen LogP contribution in [0.15, 0.2) is 154 Å². The zero-order chi connectivity index (χ0) is 40.7. The summed E-state index contributed by atoms with van der Waals surface area (Å²) in [5.74, 6) is 0.266. The van der Waals surface area contributed by atoms with Crippen LogP contribution in [0.25, 0.3) is 10.6 Å². The SMILES string of the molecule is COc1ccc(S(=O)(=O)Nc2ccc(Cl)cc2C(=O)c2cccc(Cl)c2)cc1.O=C(c1ccccc1)c1cc(Cl)ccc1NS(=O)(=O)c1ccc(-c2cnco2)s1. The molecule has 0 saturated heterocycles. The Morgan fingerprint density at radius 3 is 1.81 bits per heavy atom. The molecule has 5 aromatic carbocycles. The summed E-state index contributed by atoms with van der Waals surface area (Å²) in [6.07, 6.45) is 2.78. The maximum atomic E-state index is 12.9. The van der Waals surface area contributed by atoms with Gasteiger partial charge in [-0.1, -0.05) is 77.3 Å². The lowest BCUT2D eigenvalue weighted by Gasteiger charge is -2.13. The Balaban J connectivity index is 0.000000193. The van der Waals surface area contributed by atoms with Gasteiger partial charge in [0.05, 0.1) is 34.5 Å². The number of anilines is 2. The van der Waals surface area contributed by atoms with Crippen LogP contribution in [0.5, 0.6) is 5.75 Å². The smallest absolute Gasteiger partial charge is 0.271 e. The van der Waals surface area contributed by atoms with E-state index in [1.165, 1.54) is 92.5 Å². The standard InChI is InChI=1S/C20H15Cl2NO4S.C20H13ClN2O4S2/c1-27-16-6-8-17(9-7-16)28(25,26)23-19-10-5-15(22)12-18(19)20(24)13-3-2-4-14(21)11-13;21-14-6-7-16(15(10-14)20(24)13-4-2-1-3-5-13)23-29(25,26)19-9-8-18(28-19)17-11-22-12-27-17/h2-12,23H,1H3;1-12,23H. The van der Waals surface area contributed by atoms with Gasteiger partial charge >= 0.3 is 0 Å². The first-order valence-corrected chi connectivity index (χ1v) is 21.3. The zero-order valence-corrected chi connectivity index (χ0v) is 34.1. The number of nitrogens with one attached hydrogen (secondary N) is 2. The highest BCUT2D eigenvalue weighted by molar-refractivity contribution is 7.94. The molecule has 0 amide bonds. The van der Waals surface area contributed by atoms with Crippen molar-refractivity contribution in [3.05, 3.63) is 177 Å². The van der Waals surface area contributed by atoms with Gasteiger partial charge in [-0.25, -0.2) is 21.8 Å². The highest BCUT2D eigenvalue weighted by Crippen LogP contribution is 2.33. The number of oxazole rings is 1. The summed E-state index contributed by atoms with van der Waals surface area (Å²) in [6.45, 7) is 0. The van der Waals surface area contributed by atoms with Gasteiger partial charge in [-0.05, 0) is 84.9 Å². The van der Waals surface area contributed by atoms with Gasteiger partial charge in [0, 0.05) is 37.3 Å². The van der Waals surface area contributed by atoms with E-state index >= 15 is 0 Å². The predicted octanol–water partition coefficient (Wildman–Crippen LogP) is 10.1. The van der Waals surface area contributed by atoms with Gasteiger partial charge in [0.2, 0.25) is 0 Å². The molecule has 0 aliphatic heterocycles. The fourth-order valence-corrected chi connectivity index (χ4v) is 9.16. The van der Waals surface area contributed by atoms with Crippen molar-refractivity contribution in [3.63, 3.8) is 0 Å². The van der Waals surface area contributed by atoms with Crippen molar-refractivity contribution in [3.8, 4) is 16.4 Å². The molecule has 0 aliphatic carbocycles. The molecule has 2 heterocycles. The molecular formula is C40H28Cl3N3O8S3. The second-order valence-electron chi connectivity index (χ2n) is 11.8. The Morgan fingerprint density at radius 2 is 1.23 bits per heavy atom. The molecule has 0 unspecified atom stereocenters. The zero-order valence-electron chi connectivity index (χ0n) is 29.4. The van der Waals surface area contributed by atoms with Crippen molar-refractivity contribution < 1.29 is 35.6 Å². The Hall–Kier alpha value is -5.48. The monoisotopic (exact) mass is 879 g/mol. The molecule has 2 aromatic heterocycles. The lowest BCUT2D eigenvalue weighted by atomic mass is 10.0. The fourth-order valence-electron chi connectivity index (χ4n) is 5.20. The number of nitrogens with zero attached hydrogens (tertiary/aromatic N) is 1. The molecule has 7 aromatic rings. The van der Waals surface area contributed by atoms with E-state index in [-0.39, 0.29) is 37.4 Å². The van der Waals surface area contributed by atoms with Crippen LogP contribution in [0.1, 0.15) is 31.8 Å². The minimum atomic E-state index is -3.92. The Kier molecular flexibility index (Phi) is 12.8. The van der Waals surface area contributed by atoms with Crippen LogP contribution >= 0.6 is 46.1 Å². The average Bonchev–Trinajstić information content (AvgIpc) is 3.93. The molecule has 57 heavy (non-hydrogen) atoms. The molecule has 11 nitrogen and oxygen atoms in total. The van der Waals surface area contributed by atoms with E-state index in [1.807, 2.05) is 0 Å². The molecule has 0 radical (unpaired) electrons. The lowest BCUT2D eigenvalue weighted by molar-refractivity contribution is 0.103. The van der Waals surface area contributed by atoms with E-state index < -0.39 is 25.8 Å². The molecule has 0 atom stereocenters. The van der Waals surface area contributed by atoms with Crippen LogP contribution < -0.4 is 14.2 Å². The van der Waals surface area contributed by atoms with Gasteiger partial charge in [-0.15, -0.1) is 11.3 Å². The van der Waals surface area contributed by atoms with Crippen LogP contribution in [0, 0.1) is 0 Å². The third-order valence-electron chi connectivity index (χ3n) is 7.96. The minimum absolute atomic E-state index is 0.0319. The highest BCUT2D eigenvalue weighted by Gasteiger charge is 2.23. The van der Waals surface area contributed by atoms with Crippen molar-refractivity contribution >= 4 is 89.1 Å². The number of ketones is 2. The maximum absolute atomic E-state index is 12.9. The first-order chi connectivity index (χ1) is 27.2. The van der Waals surface area contributed by atoms with Crippen LogP contribution in [0.2, 0.25) is 15.1 Å². The van der Waals surface area contributed by atoms with Crippen molar-refractivity contribution in [1.29, 1.82) is 0 Å². The number of carbonyl (C=O) groups is 2. The average molecular weight is 881 g/mol. The van der Waals surface area contributed by atoms with Crippen LogP contribution in [-0.4, -0.2) is 40.5 Å². The summed E-state index contributed by atoms with van der Waals surface area (Å²) >= 11 is 19.1. The number of hydrogen-bond acceptors (Lipinski definition) is 10. The summed E-state index contributed by atoms with van der Waals surface area (Å²) in [4.78, 5) is 30.3. The van der Waals surface area contributed by atoms with Crippen molar-refractivity contribution in [1.82, 2.24) is 4.98 Å². The Labute approximate surface area is 346 Å². The Bertz CT molecular complexity index is 2780. The molecule has 0 fully saturated rings. The third-order valence-corrected chi connectivity index (χ3v) is 13.0. The number of sulfonamides is 2. The van der Waals surface area contributed by atoms with Gasteiger partial charge in [0.1, 0.15) is 9.96 Å². The van der Waals surface area contributed by atoms with E-state index in [4.69, 9.17) is 44.0 Å². The number of thiophene rings is 1. The molecular weight excluding hydrogens is 853 g/mol. The number of benzene rings is 5. The van der Waals surface area contributed by atoms with Crippen molar-refractivity contribution in [2.45, 2.75) is 9.10 Å². The van der Waals surface area contributed by atoms with Gasteiger partial charge in [0.15, 0.2) is 23.7 Å². The molecule has 0 aliphatic rings. The van der Waals surface area contributed by atoms with Gasteiger partial charge in [-0.2, -0.15) is 0 Å². The second-order valence-corrected chi connectivity index (χ2v) is 17.8. The maximum Gasteiger partial charge on any atom is 0.271 e. The summed E-state index contributed by atoms with van der Waals surface area (Å²) in [7, 11) is -6.36. The minimum Gasteiger partial charge on any atom is -0.497 e. The largest absolute Gasteiger partial charge is 0.497 e. The lowest BCUT2D eigenvalue weighted by Crippen LogP contribution is -2.16. The van der Waals surface area contributed by atoms with Crippen molar-refractivity contribution in [2.24, 2.45) is 0 Å².